The number of allylic oxidation sites excluding steroid dienone is 1. The molecule has 0 aromatic carbocycles. The van der Waals surface area contributed by atoms with E-state index in [0.717, 1.165) is 11.3 Å². The molecule has 0 amide bonds. The Morgan fingerprint density at radius 3 is 2.75 bits per heavy atom. The van der Waals surface area contributed by atoms with Crippen LogP contribution in [0.4, 0.5) is 5.82 Å². The highest BCUT2D eigenvalue weighted by Gasteiger charge is 2.01. The highest BCUT2D eigenvalue weighted by atomic mass is 16.1. The van der Waals surface area contributed by atoms with Crippen LogP contribution in [0.1, 0.15) is 18.2 Å². The van der Waals surface area contributed by atoms with Crippen LogP contribution in [0.3, 0.4) is 0 Å². The molecular formula is C8H11N3O. The van der Waals surface area contributed by atoms with Gasteiger partial charge < -0.3 is 10.7 Å². The van der Waals surface area contributed by atoms with Gasteiger partial charge in [-0.2, -0.15) is 4.98 Å². The van der Waals surface area contributed by atoms with E-state index in [0.29, 0.717) is 0 Å². The van der Waals surface area contributed by atoms with E-state index in [1.54, 1.807) is 6.92 Å². The zero-order chi connectivity index (χ0) is 9.14. The van der Waals surface area contributed by atoms with Crippen molar-refractivity contribution >= 4 is 11.9 Å². The Morgan fingerprint density at radius 1 is 1.58 bits per heavy atom. The minimum Gasteiger partial charge on any atom is -0.383 e. The Bertz CT molecular complexity index is 339. The fourth-order valence-electron chi connectivity index (χ4n) is 0.994. The van der Waals surface area contributed by atoms with Gasteiger partial charge in [-0.3, -0.25) is 0 Å². The predicted molar refractivity (Wildman–Crippen MR) is 48.7 cm³/mol. The summed E-state index contributed by atoms with van der Waals surface area (Å²) in [6.07, 6.45) is 3.66. The number of rotatable bonds is 1. The molecule has 0 fully saturated rings. The first-order valence-electron chi connectivity index (χ1n) is 3.64. The average Bonchev–Trinajstić information content (AvgIpc) is 1.96. The van der Waals surface area contributed by atoms with Crippen molar-refractivity contribution < 1.29 is 0 Å². The second kappa shape index (κ2) is 3.21. The van der Waals surface area contributed by atoms with Crippen molar-refractivity contribution in [1.29, 1.82) is 0 Å². The maximum absolute atomic E-state index is 10.8. The summed E-state index contributed by atoms with van der Waals surface area (Å²) in [6.45, 7) is 3.67. The SMILES string of the molecule is C/C=C\c1c(N)nc(=O)[nH]c1C. The van der Waals surface area contributed by atoms with Crippen molar-refractivity contribution in [3.63, 3.8) is 0 Å². The van der Waals surface area contributed by atoms with Crippen LogP contribution < -0.4 is 11.4 Å². The molecule has 4 nitrogen and oxygen atoms in total. The first kappa shape index (κ1) is 8.52. The van der Waals surface area contributed by atoms with Crippen LogP contribution in [0.5, 0.6) is 0 Å². The lowest BCUT2D eigenvalue weighted by molar-refractivity contribution is 1.03. The van der Waals surface area contributed by atoms with Crippen molar-refractivity contribution in [3.05, 3.63) is 27.8 Å². The zero-order valence-corrected chi connectivity index (χ0v) is 7.09. The number of aromatic amines is 1. The predicted octanol–water partition coefficient (Wildman–Crippen LogP) is 0.694. The minimum atomic E-state index is -0.404. The number of aromatic nitrogens is 2. The molecule has 0 aliphatic rings. The van der Waals surface area contributed by atoms with Gasteiger partial charge in [-0.15, -0.1) is 0 Å². The summed E-state index contributed by atoms with van der Waals surface area (Å²) in [5.74, 6) is 0.273. The first-order valence-corrected chi connectivity index (χ1v) is 3.64. The van der Waals surface area contributed by atoms with Crippen molar-refractivity contribution in [2.75, 3.05) is 5.73 Å². The lowest BCUT2D eigenvalue weighted by Crippen LogP contribution is -2.15. The number of H-pyrrole nitrogens is 1. The molecule has 1 heterocycles. The molecular weight excluding hydrogens is 154 g/mol. The monoisotopic (exact) mass is 165 g/mol. The number of nitrogens with two attached hydrogens (primary N) is 1. The van der Waals surface area contributed by atoms with E-state index in [9.17, 15) is 4.79 Å². The molecule has 0 unspecified atom stereocenters. The average molecular weight is 165 g/mol. The smallest absolute Gasteiger partial charge is 0.347 e. The van der Waals surface area contributed by atoms with E-state index in [2.05, 4.69) is 9.97 Å². The third-order valence-electron chi connectivity index (χ3n) is 1.53. The van der Waals surface area contributed by atoms with E-state index in [4.69, 9.17) is 5.73 Å². The van der Waals surface area contributed by atoms with E-state index in [1.807, 2.05) is 19.1 Å². The van der Waals surface area contributed by atoms with E-state index in [-0.39, 0.29) is 5.82 Å². The lowest BCUT2D eigenvalue weighted by atomic mass is 10.2. The Hall–Kier alpha value is -1.58. The fraction of sp³-hybridized carbons (Fsp3) is 0.250. The Balaban J connectivity index is 3.38. The van der Waals surface area contributed by atoms with E-state index < -0.39 is 5.69 Å². The third-order valence-corrected chi connectivity index (χ3v) is 1.53. The summed E-state index contributed by atoms with van der Waals surface area (Å²) < 4.78 is 0. The summed E-state index contributed by atoms with van der Waals surface area (Å²) in [4.78, 5) is 16.9. The molecule has 64 valence electrons. The molecule has 0 saturated heterocycles. The molecule has 0 saturated carbocycles. The van der Waals surface area contributed by atoms with Gasteiger partial charge >= 0.3 is 5.69 Å². The summed E-state index contributed by atoms with van der Waals surface area (Å²) in [5.41, 5.74) is 6.64. The summed E-state index contributed by atoms with van der Waals surface area (Å²) >= 11 is 0. The van der Waals surface area contributed by atoms with Crippen molar-refractivity contribution in [3.8, 4) is 0 Å². The number of hydrogen-bond donors (Lipinski definition) is 2. The topological polar surface area (TPSA) is 71.8 Å². The van der Waals surface area contributed by atoms with Gasteiger partial charge in [0, 0.05) is 11.3 Å². The molecule has 12 heavy (non-hydrogen) atoms. The van der Waals surface area contributed by atoms with Gasteiger partial charge in [0.15, 0.2) is 0 Å². The fourth-order valence-corrected chi connectivity index (χ4v) is 0.994. The van der Waals surface area contributed by atoms with Crippen LogP contribution in [-0.4, -0.2) is 9.97 Å². The summed E-state index contributed by atoms with van der Waals surface area (Å²) in [5, 5.41) is 0. The van der Waals surface area contributed by atoms with Gasteiger partial charge in [-0.05, 0) is 13.8 Å². The second-order valence-corrected chi connectivity index (χ2v) is 2.47. The van der Waals surface area contributed by atoms with Crippen molar-refractivity contribution in [2.24, 2.45) is 0 Å². The van der Waals surface area contributed by atoms with Crippen molar-refractivity contribution in [1.82, 2.24) is 9.97 Å². The Labute approximate surface area is 70.1 Å². The lowest BCUT2D eigenvalue weighted by Gasteiger charge is -2.01. The first-order chi connectivity index (χ1) is 5.65. The number of nitrogens with one attached hydrogen (secondary N) is 1. The van der Waals surface area contributed by atoms with Crippen LogP contribution in [0, 0.1) is 6.92 Å². The minimum absolute atomic E-state index is 0.273. The molecule has 0 atom stereocenters. The number of aryl methyl sites for hydroxylation is 1. The normalized spacial score (nSPS) is 10.8. The third kappa shape index (κ3) is 1.53. The Kier molecular flexibility index (Phi) is 2.28. The summed E-state index contributed by atoms with van der Waals surface area (Å²) in [7, 11) is 0. The highest BCUT2D eigenvalue weighted by Crippen LogP contribution is 2.10. The number of nitrogen functional groups attached to an aromatic ring is 1. The molecule has 1 rings (SSSR count). The quantitative estimate of drug-likeness (QED) is 0.643. The van der Waals surface area contributed by atoms with Crippen LogP contribution >= 0.6 is 0 Å². The Morgan fingerprint density at radius 2 is 2.25 bits per heavy atom. The van der Waals surface area contributed by atoms with Gasteiger partial charge in [-0.1, -0.05) is 12.2 Å². The molecule has 0 spiro atoms. The molecule has 3 N–H and O–H groups in total. The molecule has 0 bridgehead atoms. The largest absolute Gasteiger partial charge is 0.383 e. The molecule has 0 aliphatic heterocycles. The van der Waals surface area contributed by atoms with Gasteiger partial charge in [0.25, 0.3) is 0 Å². The van der Waals surface area contributed by atoms with Gasteiger partial charge in [0.2, 0.25) is 0 Å². The van der Waals surface area contributed by atoms with Crippen LogP contribution in [0.2, 0.25) is 0 Å². The number of nitrogens with zero attached hydrogens (tertiary/aromatic N) is 1. The molecule has 4 heteroatoms. The highest BCUT2D eigenvalue weighted by molar-refractivity contribution is 5.62. The maximum atomic E-state index is 10.8. The standard InChI is InChI=1S/C8H11N3O/c1-3-4-6-5(2)10-8(12)11-7(6)9/h3-4H,1-2H3,(H3,9,10,11,12)/b4-3-. The molecule has 0 radical (unpaired) electrons. The zero-order valence-electron chi connectivity index (χ0n) is 7.09. The molecule has 1 aromatic heterocycles. The molecule has 1 aromatic rings. The van der Waals surface area contributed by atoms with Crippen LogP contribution in [-0.2, 0) is 0 Å². The molecule has 0 aliphatic carbocycles. The van der Waals surface area contributed by atoms with Crippen LogP contribution in [0.15, 0.2) is 10.9 Å². The van der Waals surface area contributed by atoms with Crippen LogP contribution in [0.25, 0.3) is 6.08 Å². The summed E-state index contributed by atoms with van der Waals surface area (Å²) in [6, 6.07) is 0. The number of hydrogen-bond acceptors (Lipinski definition) is 3. The van der Waals surface area contributed by atoms with E-state index >= 15 is 0 Å². The van der Waals surface area contributed by atoms with Crippen molar-refractivity contribution in [2.45, 2.75) is 13.8 Å². The van der Waals surface area contributed by atoms with Gasteiger partial charge in [0.1, 0.15) is 5.82 Å². The van der Waals surface area contributed by atoms with Gasteiger partial charge in [-0.25, -0.2) is 4.79 Å². The van der Waals surface area contributed by atoms with E-state index in [1.165, 1.54) is 0 Å². The number of anilines is 1. The van der Waals surface area contributed by atoms with Gasteiger partial charge in [0.05, 0.1) is 0 Å². The second-order valence-electron chi connectivity index (χ2n) is 2.47. The maximum Gasteiger partial charge on any atom is 0.347 e.